The largest absolute Gasteiger partial charge is 0.596 e. The van der Waals surface area contributed by atoms with Gasteiger partial charge >= 0.3 is 11.9 Å². The second-order valence-electron chi connectivity index (χ2n) is 16.3. The van der Waals surface area contributed by atoms with E-state index < -0.39 is 11.4 Å². The summed E-state index contributed by atoms with van der Waals surface area (Å²) in [5, 5.41) is 9.86. The number of carbonyl (C=O) groups is 2. The minimum Gasteiger partial charge on any atom is -0.596 e. The molecule has 1 N–H and O–H groups in total. The minimum absolute atomic E-state index is 0.00202. The number of esters is 2. The minimum atomic E-state index is -1.36. The van der Waals surface area contributed by atoms with Crippen molar-refractivity contribution in [3.63, 3.8) is 0 Å². The first-order valence-electron chi connectivity index (χ1n) is 23.7. The molecule has 0 fully saturated rings. The number of nitrogens with zero attached hydrogens (tertiary/aromatic N) is 2. The fourth-order valence-corrected chi connectivity index (χ4v) is 7.68. The van der Waals surface area contributed by atoms with Gasteiger partial charge in [0.2, 0.25) is 0 Å². The number of hydrogen-bond acceptors (Lipinski definition) is 8. The Bertz CT molecular complexity index is 803. The monoisotopic (exact) mass is 801 g/mol. The van der Waals surface area contributed by atoms with Crippen LogP contribution in [0, 0.1) is 0 Å². The van der Waals surface area contributed by atoms with Crippen molar-refractivity contribution in [1.29, 1.82) is 0 Å². The highest BCUT2D eigenvalue weighted by Gasteiger charge is 2.15. The van der Waals surface area contributed by atoms with Crippen LogP contribution in [0.4, 0.5) is 0 Å². The van der Waals surface area contributed by atoms with Gasteiger partial charge in [-0.15, -0.1) is 0 Å². The van der Waals surface area contributed by atoms with E-state index in [-0.39, 0.29) is 18.0 Å². The van der Waals surface area contributed by atoms with Gasteiger partial charge in [-0.2, -0.15) is 0 Å². The SMILES string of the molecule is CCCCCCCCCOC(=O)CCCCCCCN(CCCCCCCC(=O)OC(CCCCCCCC)CCCCCCCC)CCCN(O)[S+](C)[O-]. The van der Waals surface area contributed by atoms with E-state index in [1.165, 1.54) is 115 Å². The molecule has 0 aromatic carbocycles. The van der Waals surface area contributed by atoms with E-state index in [1.807, 2.05) is 0 Å². The van der Waals surface area contributed by atoms with Gasteiger partial charge in [0.15, 0.2) is 0 Å². The van der Waals surface area contributed by atoms with E-state index in [9.17, 15) is 19.3 Å². The van der Waals surface area contributed by atoms with Crippen molar-refractivity contribution in [2.75, 3.05) is 39.0 Å². The van der Waals surface area contributed by atoms with Crippen LogP contribution in [0.5, 0.6) is 0 Å². The molecule has 0 saturated carbocycles. The summed E-state index contributed by atoms with van der Waals surface area (Å²) in [6.07, 6.45) is 40.0. The summed E-state index contributed by atoms with van der Waals surface area (Å²) in [5.74, 6) is -0.0490. The highest BCUT2D eigenvalue weighted by molar-refractivity contribution is 7.88. The van der Waals surface area contributed by atoms with E-state index in [4.69, 9.17) is 9.47 Å². The zero-order valence-electron chi connectivity index (χ0n) is 36.9. The Morgan fingerprint density at radius 2 is 0.891 bits per heavy atom. The smallest absolute Gasteiger partial charge is 0.306 e. The quantitative estimate of drug-likeness (QED) is 0.0281. The van der Waals surface area contributed by atoms with Gasteiger partial charge < -0.3 is 18.9 Å². The van der Waals surface area contributed by atoms with Gasteiger partial charge in [-0.25, -0.2) is 0 Å². The molecule has 328 valence electrons. The Kier molecular flexibility index (Phi) is 42.1. The van der Waals surface area contributed by atoms with Crippen molar-refractivity contribution in [3.8, 4) is 0 Å². The average molecular weight is 801 g/mol. The first-order valence-corrected chi connectivity index (χ1v) is 25.2. The molecule has 1 unspecified atom stereocenters. The zero-order valence-corrected chi connectivity index (χ0v) is 37.8. The fourth-order valence-electron chi connectivity index (χ4n) is 7.29. The maximum absolute atomic E-state index is 12.8. The van der Waals surface area contributed by atoms with Crippen LogP contribution in [0.3, 0.4) is 0 Å². The number of hydrogen-bond donors (Lipinski definition) is 1. The molecule has 0 rings (SSSR count). The lowest BCUT2D eigenvalue weighted by Crippen LogP contribution is -2.32. The normalized spacial score (nSPS) is 12.3. The molecular formula is C46H92N2O6S. The van der Waals surface area contributed by atoms with E-state index in [0.717, 1.165) is 120 Å². The number of hydroxylamine groups is 1. The molecule has 0 saturated heterocycles. The van der Waals surface area contributed by atoms with Crippen LogP contribution in [0.2, 0.25) is 0 Å². The predicted molar refractivity (Wildman–Crippen MR) is 234 cm³/mol. The molecule has 8 nitrogen and oxygen atoms in total. The summed E-state index contributed by atoms with van der Waals surface area (Å²) in [7, 11) is 0. The third-order valence-electron chi connectivity index (χ3n) is 10.9. The van der Waals surface area contributed by atoms with E-state index in [2.05, 4.69) is 25.7 Å². The Labute approximate surface area is 344 Å². The van der Waals surface area contributed by atoms with Crippen LogP contribution in [0.25, 0.3) is 0 Å². The number of unbranched alkanes of at least 4 members (excludes halogenated alkanes) is 24. The standard InChI is InChI=1S/C46H92N2O6S/c1-5-8-11-14-17-26-33-43-53-45(49)37-29-22-18-24-31-39-47(41-34-42-48(51)55(4)52)40-32-25-19-23-30-38-46(50)54-44(35-27-20-15-12-9-6-2)36-28-21-16-13-10-7-3/h44,51H,5-43H2,1-4H3. The van der Waals surface area contributed by atoms with Crippen LogP contribution in [-0.4, -0.2) is 76.2 Å². The van der Waals surface area contributed by atoms with Crippen molar-refractivity contribution in [2.24, 2.45) is 0 Å². The number of rotatable bonds is 44. The average Bonchev–Trinajstić information content (AvgIpc) is 3.17. The second kappa shape index (κ2) is 42.7. The Morgan fingerprint density at radius 1 is 0.509 bits per heavy atom. The van der Waals surface area contributed by atoms with Gasteiger partial charge in [-0.3, -0.25) is 14.8 Å². The topological polar surface area (TPSA) is 102 Å². The highest BCUT2D eigenvalue weighted by Crippen LogP contribution is 2.19. The molecule has 0 aliphatic carbocycles. The molecule has 0 radical (unpaired) electrons. The molecule has 0 amide bonds. The molecule has 0 bridgehead atoms. The molecule has 0 aliphatic heterocycles. The first-order chi connectivity index (χ1) is 26.8. The van der Waals surface area contributed by atoms with Crippen molar-refractivity contribution in [2.45, 2.75) is 245 Å². The summed E-state index contributed by atoms with van der Waals surface area (Å²) >= 11 is -1.36. The van der Waals surface area contributed by atoms with Gasteiger partial charge in [0, 0.05) is 12.8 Å². The first kappa shape index (κ1) is 54.1. The number of carbonyl (C=O) groups excluding carboxylic acids is 2. The Balaban J connectivity index is 4.31. The summed E-state index contributed by atoms with van der Waals surface area (Å²) in [5.41, 5.74) is 0. The van der Waals surface area contributed by atoms with Crippen molar-refractivity contribution < 1.29 is 28.8 Å². The zero-order chi connectivity index (χ0) is 40.5. The maximum Gasteiger partial charge on any atom is 0.306 e. The molecule has 0 aromatic rings. The van der Waals surface area contributed by atoms with Crippen molar-refractivity contribution >= 4 is 23.3 Å². The van der Waals surface area contributed by atoms with Crippen molar-refractivity contribution in [1.82, 2.24) is 9.37 Å². The fraction of sp³-hybridized carbons (Fsp3) is 0.957. The van der Waals surface area contributed by atoms with Crippen molar-refractivity contribution in [3.05, 3.63) is 0 Å². The number of ether oxygens (including phenoxy) is 2. The van der Waals surface area contributed by atoms with Gasteiger partial charge in [-0.1, -0.05) is 162 Å². The van der Waals surface area contributed by atoms with Gasteiger partial charge in [0.25, 0.3) is 0 Å². The molecule has 1 atom stereocenters. The van der Waals surface area contributed by atoms with Crippen LogP contribution in [0.1, 0.15) is 239 Å². The summed E-state index contributed by atoms with van der Waals surface area (Å²) in [6, 6.07) is 0. The third kappa shape index (κ3) is 39.7. The predicted octanol–water partition coefficient (Wildman–Crippen LogP) is 13.1. The lowest BCUT2D eigenvalue weighted by molar-refractivity contribution is -0.150. The van der Waals surface area contributed by atoms with E-state index in [1.54, 1.807) is 0 Å². The Morgan fingerprint density at radius 3 is 1.36 bits per heavy atom. The van der Waals surface area contributed by atoms with Gasteiger partial charge in [0.1, 0.15) is 12.4 Å². The van der Waals surface area contributed by atoms with Crippen LogP contribution >= 0.6 is 0 Å². The summed E-state index contributed by atoms with van der Waals surface area (Å²) < 4.78 is 23.9. The van der Waals surface area contributed by atoms with Crippen LogP contribution in [0.15, 0.2) is 0 Å². The third-order valence-corrected chi connectivity index (χ3v) is 11.7. The highest BCUT2D eigenvalue weighted by atomic mass is 32.2. The Hall–Kier alpha value is -0.870. The molecule has 0 spiro atoms. The van der Waals surface area contributed by atoms with Crippen LogP contribution < -0.4 is 0 Å². The second-order valence-corrected chi connectivity index (χ2v) is 17.6. The molecule has 0 heterocycles. The maximum atomic E-state index is 12.8. The summed E-state index contributed by atoms with van der Waals surface area (Å²) in [4.78, 5) is 27.3. The van der Waals surface area contributed by atoms with Gasteiger partial charge in [-0.05, 0) is 88.3 Å². The molecular weight excluding hydrogens is 709 g/mol. The summed E-state index contributed by atoms with van der Waals surface area (Å²) in [6.45, 7) is 10.6. The molecule has 0 aliphatic rings. The van der Waals surface area contributed by atoms with Crippen LogP contribution in [-0.2, 0) is 30.4 Å². The van der Waals surface area contributed by atoms with Gasteiger partial charge in [0.05, 0.1) is 24.5 Å². The van der Waals surface area contributed by atoms with E-state index in [0.29, 0.717) is 26.0 Å². The molecule has 55 heavy (non-hydrogen) atoms. The lowest BCUT2D eigenvalue weighted by Gasteiger charge is -2.23. The lowest BCUT2D eigenvalue weighted by atomic mass is 10.0. The van der Waals surface area contributed by atoms with E-state index >= 15 is 0 Å². The molecule has 9 heteroatoms. The molecule has 0 aromatic heterocycles.